The van der Waals surface area contributed by atoms with E-state index in [1.54, 1.807) is 47.0 Å². The van der Waals surface area contributed by atoms with E-state index in [2.05, 4.69) is 5.32 Å². The molecule has 1 N–H and O–H groups in total. The van der Waals surface area contributed by atoms with Crippen LogP contribution in [0.4, 0.5) is 18.9 Å². The van der Waals surface area contributed by atoms with Gasteiger partial charge in [0, 0.05) is 31.9 Å². The first kappa shape index (κ1) is 25.7. The van der Waals surface area contributed by atoms with Gasteiger partial charge in [0.1, 0.15) is 11.8 Å². The van der Waals surface area contributed by atoms with Crippen molar-refractivity contribution in [2.45, 2.75) is 18.6 Å². The van der Waals surface area contributed by atoms with Crippen molar-refractivity contribution in [3.05, 3.63) is 60.2 Å². The molecule has 0 unspecified atom stereocenters. The quantitative estimate of drug-likeness (QED) is 0.575. The number of carbonyl (C=O) groups is 2. The molecule has 1 aliphatic rings. The molecule has 1 saturated heterocycles. The predicted octanol–water partition coefficient (Wildman–Crippen LogP) is 3.67. The van der Waals surface area contributed by atoms with Gasteiger partial charge in [-0.05, 0) is 48.8 Å². The third-order valence-corrected chi connectivity index (χ3v) is 6.13. The minimum atomic E-state index is -4.40. The van der Waals surface area contributed by atoms with Crippen molar-refractivity contribution in [3.63, 3.8) is 0 Å². The van der Waals surface area contributed by atoms with Gasteiger partial charge in [-0.2, -0.15) is 24.9 Å². The molecule has 10 heteroatoms. The van der Waals surface area contributed by atoms with E-state index in [9.17, 15) is 22.8 Å². The first-order valence-corrected chi connectivity index (χ1v) is 12.3. The Kier molecular flexibility index (Phi) is 9.09. The minimum absolute atomic E-state index is 0.189. The molecule has 1 atom stereocenters. The Hall–Kier alpha value is -2.88. The lowest BCUT2D eigenvalue weighted by atomic mass is 10.1. The van der Waals surface area contributed by atoms with E-state index in [1.165, 1.54) is 6.07 Å². The van der Waals surface area contributed by atoms with Crippen molar-refractivity contribution < 1.29 is 27.5 Å². The minimum Gasteiger partial charge on any atom is -0.484 e. The molecular weight excluding hydrogens is 467 g/mol. The molecule has 3 rings (SSSR count). The van der Waals surface area contributed by atoms with Gasteiger partial charge >= 0.3 is 6.18 Å². The van der Waals surface area contributed by atoms with Gasteiger partial charge in [0.05, 0.1) is 5.56 Å². The summed E-state index contributed by atoms with van der Waals surface area (Å²) in [6.45, 7) is 1.35. The summed E-state index contributed by atoms with van der Waals surface area (Å²) in [6.07, 6.45) is -2.00. The number of halogens is 3. The Morgan fingerprint density at radius 1 is 1.06 bits per heavy atom. The fraction of sp³-hybridized carbons (Fsp3) is 0.417. The number of carbonyl (C=O) groups excluding carboxylic acids is 2. The van der Waals surface area contributed by atoms with Crippen molar-refractivity contribution in [1.29, 1.82) is 0 Å². The number of amides is 2. The highest BCUT2D eigenvalue weighted by atomic mass is 32.2. The monoisotopic (exact) mass is 495 g/mol. The summed E-state index contributed by atoms with van der Waals surface area (Å²) in [4.78, 5) is 29.0. The van der Waals surface area contributed by atoms with E-state index in [0.29, 0.717) is 49.8 Å². The molecule has 34 heavy (non-hydrogen) atoms. The molecule has 0 radical (unpaired) electrons. The third-order valence-electron chi connectivity index (χ3n) is 5.49. The summed E-state index contributed by atoms with van der Waals surface area (Å²) in [6, 6.07) is 13.5. The number of alkyl halides is 3. The summed E-state index contributed by atoms with van der Waals surface area (Å²) < 4.78 is 44.6. The zero-order valence-corrected chi connectivity index (χ0v) is 19.7. The molecule has 0 bridgehead atoms. The SMILES string of the molecule is CSCC[C@@H](NC(=O)COc1ccccc1)C(=O)N1CCN(c2cccc(C(F)(F)F)c2)CC1. The second-order valence-corrected chi connectivity index (χ2v) is 8.85. The normalized spacial score (nSPS) is 15.1. The van der Waals surface area contributed by atoms with Crippen LogP contribution in [0, 0.1) is 0 Å². The molecule has 2 amide bonds. The van der Waals surface area contributed by atoms with Crippen LogP contribution in [0.1, 0.15) is 12.0 Å². The first-order chi connectivity index (χ1) is 16.3. The second kappa shape index (κ2) is 12.0. The smallest absolute Gasteiger partial charge is 0.416 e. The maximum atomic E-state index is 13.1. The Bertz CT molecular complexity index is 951. The molecule has 0 saturated carbocycles. The van der Waals surface area contributed by atoms with Gasteiger partial charge in [0.25, 0.3) is 5.91 Å². The van der Waals surface area contributed by atoms with Crippen LogP contribution in [-0.2, 0) is 15.8 Å². The number of ether oxygens (including phenoxy) is 1. The van der Waals surface area contributed by atoms with Crippen LogP contribution in [0.2, 0.25) is 0 Å². The summed E-state index contributed by atoms with van der Waals surface area (Å²) in [5, 5.41) is 2.78. The number of para-hydroxylation sites is 1. The number of nitrogens with one attached hydrogen (secondary N) is 1. The van der Waals surface area contributed by atoms with E-state index in [0.717, 1.165) is 12.1 Å². The number of piperazine rings is 1. The molecule has 2 aromatic carbocycles. The van der Waals surface area contributed by atoms with Gasteiger partial charge in [-0.15, -0.1) is 0 Å². The van der Waals surface area contributed by atoms with Crippen LogP contribution in [0.15, 0.2) is 54.6 Å². The van der Waals surface area contributed by atoms with Crippen LogP contribution in [0.25, 0.3) is 0 Å². The second-order valence-electron chi connectivity index (χ2n) is 7.86. The van der Waals surface area contributed by atoms with Gasteiger partial charge in [-0.25, -0.2) is 0 Å². The van der Waals surface area contributed by atoms with Gasteiger partial charge in [0.15, 0.2) is 6.61 Å². The van der Waals surface area contributed by atoms with Crippen LogP contribution < -0.4 is 15.0 Å². The highest BCUT2D eigenvalue weighted by molar-refractivity contribution is 7.98. The molecule has 6 nitrogen and oxygen atoms in total. The Morgan fingerprint density at radius 2 is 1.76 bits per heavy atom. The van der Waals surface area contributed by atoms with Crippen LogP contribution >= 0.6 is 11.8 Å². The number of nitrogens with zero attached hydrogens (tertiary/aromatic N) is 2. The predicted molar refractivity (Wildman–Crippen MR) is 127 cm³/mol. The maximum absolute atomic E-state index is 13.1. The lowest BCUT2D eigenvalue weighted by Gasteiger charge is -2.37. The fourth-order valence-corrected chi connectivity index (χ4v) is 4.15. The number of hydrogen-bond acceptors (Lipinski definition) is 5. The van der Waals surface area contributed by atoms with Crippen LogP contribution in [0.3, 0.4) is 0 Å². The van der Waals surface area contributed by atoms with Crippen LogP contribution in [-0.4, -0.2) is 67.6 Å². The van der Waals surface area contributed by atoms with Gasteiger partial charge in [0.2, 0.25) is 5.91 Å². The summed E-state index contributed by atoms with van der Waals surface area (Å²) >= 11 is 1.58. The molecule has 1 fully saturated rings. The zero-order chi connectivity index (χ0) is 24.6. The molecular formula is C24H28F3N3O3S. The number of anilines is 1. The molecule has 2 aromatic rings. The largest absolute Gasteiger partial charge is 0.484 e. The van der Waals surface area contributed by atoms with Crippen molar-refractivity contribution in [3.8, 4) is 5.75 Å². The molecule has 0 aliphatic carbocycles. The van der Waals surface area contributed by atoms with E-state index in [4.69, 9.17) is 4.74 Å². The highest BCUT2D eigenvalue weighted by Gasteiger charge is 2.32. The van der Waals surface area contributed by atoms with Crippen molar-refractivity contribution >= 4 is 29.3 Å². The molecule has 0 aromatic heterocycles. The van der Waals surface area contributed by atoms with Crippen molar-refractivity contribution in [2.24, 2.45) is 0 Å². The van der Waals surface area contributed by atoms with Gasteiger partial charge < -0.3 is 19.9 Å². The fourth-order valence-electron chi connectivity index (χ4n) is 3.68. The third kappa shape index (κ3) is 7.31. The number of rotatable bonds is 9. The first-order valence-electron chi connectivity index (χ1n) is 10.9. The van der Waals surface area contributed by atoms with E-state index >= 15 is 0 Å². The van der Waals surface area contributed by atoms with E-state index in [-0.39, 0.29) is 18.4 Å². The summed E-state index contributed by atoms with van der Waals surface area (Å²) in [5.74, 6) is 0.688. The average molecular weight is 496 g/mol. The zero-order valence-electron chi connectivity index (χ0n) is 18.9. The van der Waals surface area contributed by atoms with Crippen molar-refractivity contribution in [2.75, 3.05) is 49.7 Å². The molecule has 0 spiro atoms. The number of hydrogen-bond donors (Lipinski definition) is 1. The standard InChI is InChI=1S/C24H28F3N3O3S/c1-34-15-10-21(28-22(31)17-33-20-8-3-2-4-9-20)23(32)30-13-11-29(12-14-30)19-7-5-6-18(16-19)24(25,26)27/h2-9,16,21H,10-15,17H2,1H3,(H,28,31)/t21-/m1/s1. The topological polar surface area (TPSA) is 61.9 Å². The summed E-state index contributed by atoms with van der Waals surface area (Å²) in [7, 11) is 0. The molecule has 184 valence electrons. The van der Waals surface area contributed by atoms with Crippen molar-refractivity contribution in [1.82, 2.24) is 10.2 Å². The number of benzene rings is 2. The summed E-state index contributed by atoms with van der Waals surface area (Å²) in [5.41, 5.74) is -0.215. The lowest BCUT2D eigenvalue weighted by molar-refractivity contribution is -0.137. The van der Waals surface area contributed by atoms with E-state index in [1.807, 2.05) is 17.2 Å². The highest BCUT2D eigenvalue weighted by Crippen LogP contribution is 2.32. The maximum Gasteiger partial charge on any atom is 0.416 e. The van der Waals surface area contributed by atoms with Gasteiger partial charge in [-0.3, -0.25) is 9.59 Å². The molecule has 1 aliphatic heterocycles. The Morgan fingerprint density at radius 3 is 2.41 bits per heavy atom. The number of thioether (sulfide) groups is 1. The Balaban J connectivity index is 1.56. The average Bonchev–Trinajstić information content (AvgIpc) is 2.85. The lowest BCUT2D eigenvalue weighted by Crippen LogP contribution is -2.55. The Labute approximate surface area is 201 Å². The molecule has 1 heterocycles. The van der Waals surface area contributed by atoms with Gasteiger partial charge in [-0.1, -0.05) is 24.3 Å². The van der Waals surface area contributed by atoms with Crippen LogP contribution in [0.5, 0.6) is 5.75 Å². The van der Waals surface area contributed by atoms with E-state index < -0.39 is 17.8 Å².